The standard InChI is InChI=1S/C22H24N2O3S/c1-5-24-21(25)18(23-22(24)28)12-16-9-10-20(26-4)17(11-16)13-27-19-8-6-7-14(2)15(19)3/h6-12H,5,13H2,1-4H3,(H,23,28)/b18-12+. The molecule has 1 fully saturated rings. The summed E-state index contributed by atoms with van der Waals surface area (Å²) in [6.45, 7) is 6.91. The maximum atomic E-state index is 12.4. The normalized spacial score (nSPS) is 15.1. The highest BCUT2D eigenvalue weighted by molar-refractivity contribution is 7.80. The minimum absolute atomic E-state index is 0.114. The van der Waals surface area contributed by atoms with Gasteiger partial charge in [-0.15, -0.1) is 0 Å². The van der Waals surface area contributed by atoms with Gasteiger partial charge in [0.25, 0.3) is 5.91 Å². The Morgan fingerprint density at radius 2 is 1.96 bits per heavy atom. The molecule has 1 N–H and O–H groups in total. The van der Waals surface area contributed by atoms with Crippen molar-refractivity contribution in [3.05, 3.63) is 64.3 Å². The number of hydrogen-bond donors (Lipinski definition) is 1. The van der Waals surface area contributed by atoms with E-state index in [1.165, 1.54) is 10.5 Å². The summed E-state index contributed by atoms with van der Waals surface area (Å²) < 4.78 is 11.5. The highest BCUT2D eigenvalue weighted by Gasteiger charge is 2.29. The predicted molar refractivity (Wildman–Crippen MR) is 114 cm³/mol. The third kappa shape index (κ3) is 4.02. The third-order valence-electron chi connectivity index (χ3n) is 4.83. The quantitative estimate of drug-likeness (QED) is 0.591. The molecule has 0 radical (unpaired) electrons. The summed E-state index contributed by atoms with van der Waals surface area (Å²) in [7, 11) is 1.63. The van der Waals surface area contributed by atoms with Crippen LogP contribution in [-0.2, 0) is 11.4 Å². The first-order valence-electron chi connectivity index (χ1n) is 9.15. The molecule has 6 heteroatoms. The molecule has 0 atom stereocenters. The number of hydrogen-bond acceptors (Lipinski definition) is 4. The van der Waals surface area contributed by atoms with Crippen molar-refractivity contribution in [2.75, 3.05) is 13.7 Å². The van der Waals surface area contributed by atoms with Crippen LogP contribution in [-0.4, -0.2) is 29.6 Å². The lowest BCUT2D eigenvalue weighted by Crippen LogP contribution is -2.30. The van der Waals surface area contributed by atoms with Gasteiger partial charge in [-0.3, -0.25) is 9.69 Å². The number of aryl methyl sites for hydroxylation is 1. The molecule has 1 heterocycles. The second kappa shape index (κ2) is 8.44. The van der Waals surface area contributed by atoms with Gasteiger partial charge in [-0.1, -0.05) is 18.2 Å². The fourth-order valence-electron chi connectivity index (χ4n) is 3.06. The van der Waals surface area contributed by atoms with Gasteiger partial charge in [0.05, 0.1) is 7.11 Å². The SMILES string of the molecule is CCN1C(=O)/C(=C\c2ccc(OC)c(COc3cccc(C)c3C)c2)NC1=S. The van der Waals surface area contributed by atoms with Gasteiger partial charge in [0.2, 0.25) is 0 Å². The Morgan fingerprint density at radius 1 is 1.18 bits per heavy atom. The fourth-order valence-corrected chi connectivity index (χ4v) is 3.38. The molecule has 0 unspecified atom stereocenters. The van der Waals surface area contributed by atoms with Crippen LogP contribution < -0.4 is 14.8 Å². The first-order chi connectivity index (χ1) is 13.4. The van der Waals surface area contributed by atoms with E-state index in [9.17, 15) is 4.79 Å². The molecular weight excluding hydrogens is 372 g/mol. The number of amides is 1. The zero-order valence-corrected chi connectivity index (χ0v) is 17.4. The van der Waals surface area contributed by atoms with Gasteiger partial charge in [-0.25, -0.2) is 0 Å². The topological polar surface area (TPSA) is 50.8 Å². The number of methoxy groups -OCH3 is 1. The molecule has 0 saturated carbocycles. The van der Waals surface area contributed by atoms with Crippen LogP contribution in [0, 0.1) is 13.8 Å². The van der Waals surface area contributed by atoms with E-state index < -0.39 is 0 Å². The van der Waals surface area contributed by atoms with Crippen LogP contribution in [0.2, 0.25) is 0 Å². The second-order valence-electron chi connectivity index (χ2n) is 6.60. The van der Waals surface area contributed by atoms with Gasteiger partial charge >= 0.3 is 0 Å². The number of rotatable bonds is 6. The first kappa shape index (κ1) is 19.9. The molecule has 2 aromatic rings. The molecule has 1 aliphatic heterocycles. The number of benzene rings is 2. The Morgan fingerprint density at radius 3 is 2.64 bits per heavy atom. The highest BCUT2D eigenvalue weighted by atomic mass is 32.1. The van der Waals surface area contributed by atoms with Crippen molar-refractivity contribution in [3.8, 4) is 11.5 Å². The summed E-state index contributed by atoms with van der Waals surface area (Å²) >= 11 is 5.21. The van der Waals surface area contributed by atoms with Crippen LogP contribution in [0.25, 0.3) is 6.08 Å². The molecule has 28 heavy (non-hydrogen) atoms. The van der Waals surface area contributed by atoms with E-state index in [4.69, 9.17) is 21.7 Å². The van der Waals surface area contributed by atoms with Gasteiger partial charge in [0, 0.05) is 12.1 Å². The number of carbonyl (C=O) groups excluding carboxylic acids is 1. The molecule has 1 aliphatic rings. The van der Waals surface area contributed by atoms with Crippen molar-refractivity contribution in [2.45, 2.75) is 27.4 Å². The first-order valence-corrected chi connectivity index (χ1v) is 9.56. The van der Waals surface area contributed by atoms with E-state index in [1.54, 1.807) is 13.2 Å². The largest absolute Gasteiger partial charge is 0.496 e. The summed E-state index contributed by atoms with van der Waals surface area (Å²) in [5.74, 6) is 1.47. The van der Waals surface area contributed by atoms with E-state index in [2.05, 4.69) is 18.3 Å². The molecule has 146 valence electrons. The summed E-state index contributed by atoms with van der Waals surface area (Å²) in [5.41, 5.74) is 4.55. The van der Waals surface area contributed by atoms with Gasteiger partial charge in [0.1, 0.15) is 23.8 Å². The molecular formula is C22H24N2O3S. The van der Waals surface area contributed by atoms with E-state index in [0.717, 1.165) is 28.2 Å². The van der Waals surface area contributed by atoms with Crippen LogP contribution in [0.15, 0.2) is 42.1 Å². The number of nitrogens with one attached hydrogen (secondary N) is 1. The van der Waals surface area contributed by atoms with E-state index >= 15 is 0 Å². The molecule has 2 aromatic carbocycles. The maximum absolute atomic E-state index is 12.4. The summed E-state index contributed by atoms with van der Waals surface area (Å²) in [6, 6.07) is 11.7. The van der Waals surface area contributed by atoms with Gasteiger partial charge in [0.15, 0.2) is 5.11 Å². The van der Waals surface area contributed by atoms with Crippen LogP contribution in [0.1, 0.15) is 29.2 Å². The van der Waals surface area contributed by atoms with Crippen LogP contribution in [0.4, 0.5) is 0 Å². The van der Waals surface area contributed by atoms with Crippen molar-refractivity contribution >= 4 is 29.3 Å². The average molecular weight is 397 g/mol. The lowest BCUT2D eigenvalue weighted by atomic mass is 10.1. The molecule has 0 bridgehead atoms. The summed E-state index contributed by atoms with van der Waals surface area (Å²) in [6.07, 6.45) is 1.80. The number of ether oxygens (including phenoxy) is 2. The number of thiocarbonyl (C=S) groups is 1. The Balaban J connectivity index is 1.84. The smallest absolute Gasteiger partial charge is 0.276 e. The van der Waals surface area contributed by atoms with Crippen molar-refractivity contribution in [1.29, 1.82) is 0 Å². The molecule has 1 amide bonds. The second-order valence-corrected chi connectivity index (χ2v) is 6.98. The lowest BCUT2D eigenvalue weighted by molar-refractivity contribution is -0.122. The van der Waals surface area contributed by atoms with Gasteiger partial charge < -0.3 is 14.8 Å². The average Bonchev–Trinajstić information content (AvgIpc) is 2.95. The summed E-state index contributed by atoms with van der Waals surface area (Å²) in [5, 5.41) is 3.42. The van der Waals surface area contributed by atoms with E-state index in [-0.39, 0.29) is 5.91 Å². The Hall–Kier alpha value is -2.86. The summed E-state index contributed by atoms with van der Waals surface area (Å²) in [4.78, 5) is 13.9. The van der Waals surface area contributed by atoms with Crippen molar-refractivity contribution in [2.24, 2.45) is 0 Å². The molecule has 1 saturated heterocycles. The molecule has 0 aromatic heterocycles. The lowest BCUT2D eigenvalue weighted by Gasteiger charge is -2.14. The van der Waals surface area contributed by atoms with Crippen LogP contribution in [0.3, 0.4) is 0 Å². The number of nitrogens with zero attached hydrogens (tertiary/aromatic N) is 1. The monoisotopic (exact) mass is 396 g/mol. The minimum Gasteiger partial charge on any atom is -0.496 e. The van der Waals surface area contributed by atoms with Crippen molar-refractivity contribution in [3.63, 3.8) is 0 Å². The highest BCUT2D eigenvalue weighted by Crippen LogP contribution is 2.26. The van der Waals surface area contributed by atoms with Crippen LogP contribution in [0.5, 0.6) is 11.5 Å². The zero-order chi connectivity index (χ0) is 20.3. The van der Waals surface area contributed by atoms with Crippen molar-refractivity contribution in [1.82, 2.24) is 10.2 Å². The van der Waals surface area contributed by atoms with E-state index in [0.29, 0.717) is 24.0 Å². The maximum Gasteiger partial charge on any atom is 0.276 e. The molecule has 3 rings (SSSR count). The fraction of sp³-hybridized carbons (Fsp3) is 0.273. The molecule has 0 spiro atoms. The Kier molecular flexibility index (Phi) is 5.99. The number of likely N-dealkylation sites (N-methyl/N-ethyl adjacent to an activating group) is 1. The molecule has 5 nitrogen and oxygen atoms in total. The van der Waals surface area contributed by atoms with E-state index in [1.807, 2.05) is 44.2 Å². The predicted octanol–water partition coefficient (Wildman–Crippen LogP) is 3.97. The number of carbonyl (C=O) groups is 1. The van der Waals surface area contributed by atoms with Gasteiger partial charge in [-0.05, 0) is 74.0 Å². The van der Waals surface area contributed by atoms with Crippen molar-refractivity contribution < 1.29 is 14.3 Å². The van der Waals surface area contributed by atoms with Crippen LogP contribution >= 0.6 is 12.2 Å². The Labute approximate surface area is 170 Å². The molecule has 0 aliphatic carbocycles. The minimum atomic E-state index is -0.114. The Bertz CT molecular complexity index is 953. The zero-order valence-electron chi connectivity index (χ0n) is 16.5. The third-order valence-corrected chi connectivity index (χ3v) is 5.15. The van der Waals surface area contributed by atoms with Gasteiger partial charge in [-0.2, -0.15) is 0 Å².